The smallest absolute Gasteiger partial charge is 0.345 e. The molecule has 0 bridgehead atoms. The number of rotatable bonds is 8. The van der Waals surface area contributed by atoms with Gasteiger partial charge >= 0.3 is 11.9 Å². The third-order valence-corrected chi connectivity index (χ3v) is 3.15. The molecule has 0 fully saturated rings. The van der Waals surface area contributed by atoms with Crippen molar-refractivity contribution in [3.63, 3.8) is 0 Å². The Morgan fingerprint density at radius 1 is 1.30 bits per heavy atom. The van der Waals surface area contributed by atoms with Crippen LogP contribution in [0.5, 0.6) is 5.75 Å². The van der Waals surface area contributed by atoms with Crippen LogP contribution in [0.2, 0.25) is 0 Å². The van der Waals surface area contributed by atoms with Gasteiger partial charge in [0.15, 0.2) is 0 Å². The fourth-order valence-electron chi connectivity index (χ4n) is 1.36. The summed E-state index contributed by atoms with van der Waals surface area (Å²) in [6, 6.07) is 9.03. The maximum absolute atomic E-state index is 11.5. The van der Waals surface area contributed by atoms with Gasteiger partial charge in [0.05, 0.1) is 12.5 Å². The zero-order valence-corrected chi connectivity index (χ0v) is 12.1. The molecule has 0 aliphatic carbocycles. The van der Waals surface area contributed by atoms with E-state index in [-0.39, 0.29) is 13.0 Å². The van der Waals surface area contributed by atoms with E-state index in [1.54, 1.807) is 19.1 Å². The molecule has 1 N–H and O–H groups in total. The predicted octanol–water partition coefficient (Wildman–Crippen LogP) is 2.02. The normalized spacial score (nSPS) is 13.3. The number of ether oxygens (including phenoxy) is 2. The zero-order valence-electron chi connectivity index (χ0n) is 11.2. The lowest BCUT2D eigenvalue weighted by Crippen LogP contribution is -2.31. The maximum atomic E-state index is 11.5. The van der Waals surface area contributed by atoms with E-state index in [2.05, 4.69) is 12.6 Å². The molecule has 2 atom stereocenters. The minimum absolute atomic E-state index is 0.0925. The van der Waals surface area contributed by atoms with Gasteiger partial charge in [0.2, 0.25) is 6.10 Å². The molecule has 1 aromatic rings. The number of thiol groups is 1. The molecule has 0 aliphatic rings. The van der Waals surface area contributed by atoms with Crippen LogP contribution in [0.4, 0.5) is 0 Å². The SMILES string of the molecule is C[C@H](CS)C(=O)OC(CCOc1ccccc1)C(=O)O. The van der Waals surface area contributed by atoms with Crippen LogP contribution in [0, 0.1) is 5.92 Å². The summed E-state index contributed by atoms with van der Waals surface area (Å²) in [4.78, 5) is 22.6. The van der Waals surface area contributed by atoms with E-state index >= 15 is 0 Å². The zero-order chi connectivity index (χ0) is 15.0. The summed E-state index contributed by atoms with van der Waals surface area (Å²) in [6.45, 7) is 1.79. The number of para-hydroxylation sites is 1. The summed E-state index contributed by atoms with van der Waals surface area (Å²) in [7, 11) is 0. The minimum Gasteiger partial charge on any atom is -0.493 e. The van der Waals surface area contributed by atoms with Crippen LogP contribution in [0.25, 0.3) is 0 Å². The number of carbonyl (C=O) groups is 2. The van der Waals surface area contributed by atoms with Crippen LogP contribution < -0.4 is 4.74 Å². The van der Waals surface area contributed by atoms with Gasteiger partial charge in [0.1, 0.15) is 5.75 Å². The van der Waals surface area contributed by atoms with E-state index in [4.69, 9.17) is 14.6 Å². The topological polar surface area (TPSA) is 72.8 Å². The number of carbonyl (C=O) groups excluding carboxylic acids is 1. The first-order valence-corrected chi connectivity index (χ1v) is 6.90. The summed E-state index contributed by atoms with van der Waals surface area (Å²) in [5.41, 5.74) is 0. The van der Waals surface area contributed by atoms with Crippen molar-refractivity contribution in [2.24, 2.45) is 5.92 Å². The van der Waals surface area contributed by atoms with E-state index in [0.29, 0.717) is 11.5 Å². The number of benzene rings is 1. The van der Waals surface area contributed by atoms with Gasteiger partial charge < -0.3 is 14.6 Å². The fourth-order valence-corrected chi connectivity index (χ4v) is 1.51. The first-order valence-electron chi connectivity index (χ1n) is 6.26. The second kappa shape index (κ2) is 8.47. The maximum Gasteiger partial charge on any atom is 0.345 e. The number of carboxylic acid groups (broad SMARTS) is 1. The fraction of sp³-hybridized carbons (Fsp3) is 0.429. The molecule has 20 heavy (non-hydrogen) atoms. The first kappa shape index (κ1) is 16.4. The number of hydrogen-bond donors (Lipinski definition) is 2. The molecular weight excluding hydrogens is 280 g/mol. The average Bonchev–Trinajstić information content (AvgIpc) is 2.46. The summed E-state index contributed by atoms with van der Waals surface area (Å²) >= 11 is 3.97. The van der Waals surface area contributed by atoms with Gasteiger partial charge in [0.25, 0.3) is 0 Å². The van der Waals surface area contributed by atoms with Crippen molar-refractivity contribution in [2.45, 2.75) is 19.4 Å². The van der Waals surface area contributed by atoms with Crippen LogP contribution in [0.3, 0.4) is 0 Å². The summed E-state index contributed by atoms with van der Waals surface area (Å²) < 4.78 is 10.3. The second-order valence-corrected chi connectivity index (χ2v) is 4.66. The van der Waals surface area contributed by atoms with Crippen molar-refractivity contribution in [3.8, 4) is 5.75 Å². The molecule has 110 valence electrons. The highest BCUT2D eigenvalue weighted by molar-refractivity contribution is 7.80. The molecule has 1 aromatic carbocycles. The Kier molecular flexibility index (Phi) is 6.93. The van der Waals surface area contributed by atoms with Crippen molar-refractivity contribution in [3.05, 3.63) is 30.3 Å². The summed E-state index contributed by atoms with van der Waals surface area (Å²) in [6.07, 6.45) is -1.11. The largest absolute Gasteiger partial charge is 0.493 e. The Morgan fingerprint density at radius 2 is 1.95 bits per heavy atom. The predicted molar refractivity (Wildman–Crippen MR) is 77.1 cm³/mol. The quantitative estimate of drug-likeness (QED) is 0.567. The second-order valence-electron chi connectivity index (χ2n) is 4.30. The third kappa shape index (κ3) is 5.52. The average molecular weight is 298 g/mol. The third-order valence-electron chi connectivity index (χ3n) is 2.60. The Bertz CT molecular complexity index is 434. The standard InChI is InChI=1S/C14H18O5S/c1-10(9-20)14(17)19-12(13(15)16)7-8-18-11-5-3-2-4-6-11/h2-6,10,12,20H,7-9H2,1H3,(H,15,16)/t10-,12?/m1/s1. The number of carboxylic acids is 1. The molecule has 6 heteroatoms. The van der Waals surface area contributed by atoms with Crippen LogP contribution in [-0.4, -0.2) is 35.5 Å². The van der Waals surface area contributed by atoms with E-state index in [1.165, 1.54) is 0 Å². The molecule has 5 nitrogen and oxygen atoms in total. The lowest BCUT2D eigenvalue weighted by molar-refractivity contribution is -0.166. The Labute approximate surface area is 123 Å². The van der Waals surface area contributed by atoms with Crippen molar-refractivity contribution in [1.29, 1.82) is 0 Å². The van der Waals surface area contributed by atoms with Crippen LogP contribution >= 0.6 is 12.6 Å². The molecule has 0 heterocycles. The molecule has 1 rings (SSSR count). The van der Waals surface area contributed by atoms with Crippen molar-refractivity contribution >= 4 is 24.6 Å². The van der Waals surface area contributed by atoms with E-state index < -0.39 is 24.0 Å². The lowest BCUT2D eigenvalue weighted by Gasteiger charge is -2.16. The van der Waals surface area contributed by atoms with Gasteiger partial charge in [-0.15, -0.1) is 0 Å². The first-order chi connectivity index (χ1) is 9.54. The molecular formula is C14H18O5S. The van der Waals surface area contributed by atoms with Gasteiger partial charge in [-0.2, -0.15) is 12.6 Å². The highest BCUT2D eigenvalue weighted by Gasteiger charge is 2.24. The molecule has 1 unspecified atom stereocenters. The Hall–Kier alpha value is -1.69. The van der Waals surface area contributed by atoms with Gasteiger partial charge in [-0.25, -0.2) is 4.79 Å². The molecule has 0 spiro atoms. The highest BCUT2D eigenvalue weighted by atomic mass is 32.1. The number of hydrogen-bond acceptors (Lipinski definition) is 5. The Morgan fingerprint density at radius 3 is 2.50 bits per heavy atom. The number of aliphatic carboxylic acids is 1. The Balaban J connectivity index is 2.43. The van der Waals surface area contributed by atoms with E-state index in [1.807, 2.05) is 18.2 Å². The molecule has 0 aromatic heterocycles. The van der Waals surface area contributed by atoms with Gasteiger partial charge in [-0.1, -0.05) is 25.1 Å². The summed E-state index contributed by atoms with van der Waals surface area (Å²) in [5, 5.41) is 9.02. The van der Waals surface area contributed by atoms with Gasteiger partial charge in [-0.05, 0) is 12.1 Å². The van der Waals surface area contributed by atoms with Crippen molar-refractivity contribution in [1.82, 2.24) is 0 Å². The lowest BCUT2D eigenvalue weighted by atomic mass is 10.2. The van der Waals surface area contributed by atoms with Crippen LogP contribution in [-0.2, 0) is 14.3 Å². The minimum atomic E-state index is -1.20. The monoisotopic (exact) mass is 298 g/mol. The van der Waals surface area contributed by atoms with Gasteiger partial charge in [-0.3, -0.25) is 4.79 Å². The molecule has 0 amide bonds. The van der Waals surface area contributed by atoms with Gasteiger partial charge in [0, 0.05) is 12.2 Å². The number of esters is 1. The van der Waals surface area contributed by atoms with E-state index in [9.17, 15) is 9.59 Å². The molecule has 0 saturated carbocycles. The summed E-state index contributed by atoms with van der Waals surface area (Å²) in [5.74, 6) is -1.22. The highest BCUT2D eigenvalue weighted by Crippen LogP contribution is 2.11. The molecule has 0 radical (unpaired) electrons. The molecule has 0 saturated heterocycles. The van der Waals surface area contributed by atoms with Crippen molar-refractivity contribution in [2.75, 3.05) is 12.4 Å². The van der Waals surface area contributed by atoms with Crippen LogP contribution in [0.15, 0.2) is 30.3 Å². The van der Waals surface area contributed by atoms with E-state index in [0.717, 1.165) is 0 Å². The van der Waals surface area contributed by atoms with Crippen LogP contribution in [0.1, 0.15) is 13.3 Å². The molecule has 0 aliphatic heterocycles. The van der Waals surface area contributed by atoms with Crippen molar-refractivity contribution < 1.29 is 24.2 Å².